The summed E-state index contributed by atoms with van der Waals surface area (Å²) in [4.78, 5) is 5.26. The van der Waals surface area contributed by atoms with Crippen molar-refractivity contribution in [2.75, 3.05) is 45.9 Å². The fourth-order valence-corrected chi connectivity index (χ4v) is 6.42. The molecule has 47 heavy (non-hydrogen) atoms. The molecule has 0 spiro atoms. The number of hydrogen-bond acceptors (Lipinski definition) is 5. The molecule has 276 valence electrons. The third-order valence-corrected chi connectivity index (χ3v) is 9.53. The highest BCUT2D eigenvalue weighted by atomic mass is 16.7. The molecule has 0 saturated heterocycles. The molecule has 1 N–H and O–H groups in total. The molecule has 0 radical (unpaired) electrons. The van der Waals surface area contributed by atoms with Crippen LogP contribution < -0.4 is 4.74 Å². The van der Waals surface area contributed by atoms with Crippen LogP contribution in [0.4, 0.5) is 0 Å². The maximum Gasteiger partial charge on any atom is 0.212 e. The van der Waals surface area contributed by atoms with Gasteiger partial charge in [-0.05, 0) is 76.1 Å². The highest BCUT2D eigenvalue weighted by molar-refractivity contribution is 5.30. The Morgan fingerprint density at radius 1 is 0.468 bits per heavy atom. The van der Waals surface area contributed by atoms with E-state index in [-0.39, 0.29) is 12.0 Å². The molecule has 1 aromatic carbocycles. The number of ether oxygens (including phenoxy) is 2. The van der Waals surface area contributed by atoms with Crippen molar-refractivity contribution in [3.8, 4) is 11.5 Å². The summed E-state index contributed by atoms with van der Waals surface area (Å²) in [6.45, 7) is 16.2. The second-order valence-electron chi connectivity index (χ2n) is 14.1. The molecule has 0 amide bonds. The Morgan fingerprint density at radius 3 is 1.23 bits per heavy atom. The smallest absolute Gasteiger partial charge is 0.212 e. The van der Waals surface area contributed by atoms with Crippen LogP contribution in [0.3, 0.4) is 0 Å². The third kappa shape index (κ3) is 27.2. The molecule has 0 aromatic heterocycles. The quantitative estimate of drug-likeness (QED) is 0.0573. The van der Waals surface area contributed by atoms with Crippen LogP contribution in [0.2, 0.25) is 0 Å². The number of phenolic OH excluding ortho intramolecular Hbond substituents is 1. The predicted molar refractivity (Wildman–Crippen MR) is 205 cm³/mol. The van der Waals surface area contributed by atoms with Gasteiger partial charge in [0, 0.05) is 6.54 Å². The second-order valence-corrected chi connectivity index (χ2v) is 14.1. The number of benzene rings is 1. The molecule has 1 atom stereocenters. The topological polar surface area (TPSA) is 45.2 Å². The standard InChI is InChI=1S/C42H80N2O3/c1-5-9-13-17-21-25-33-43(34-26-22-18-14-10-6-2)37-38-46-42(47-41-31-29-40(45)30-32-41)39-44(35-27-23-19-15-11-7-3)36-28-24-20-16-12-8-4/h29-32,42,45H,5-28,33-39H2,1-4H3. The van der Waals surface area contributed by atoms with Gasteiger partial charge >= 0.3 is 0 Å². The maximum atomic E-state index is 9.85. The molecule has 5 heteroatoms. The van der Waals surface area contributed by atoms with Crippen molar-refractivity contribution in [3.05, 3.63) is 24.3 Å². The first-order valence-electron chi connectivity index (χ1n) is 20.6. The minimum absolute atomic E-state index is 0.266. The van der Waals surface area contributed by atoms with E-state index in [9.17, 15) is 5.11 Å². The largest absolute Gasteiger partial charge is 0.508 e. The van der Waals surface area contributed by atoms with E-state index in [1.807, 2.05) is 12.1 Å². The van der Waals surface area contributed by atoms with Gasteiger partial charge in [0.15, 0.2) is 0 Å². The van der Waals surface area contributed by atoms with Gasteiger partial charge < -0.3 is 19.5 Å². The number of rotatable bonds is 36. The predicted octanol–water partition coefficient (Wildman–Crippen LogP) is 12.2. The molecule has 1 unspecified atom stereocenters. The van der Waals surface area contributed by atoms with Crippen LogP contribution in [0, 0.1) is 0 Å². The van der Waals surface area contributed by atoms with Crippen molar-refractivity contribution < 1.29 is 14.6 Å². The fraction of sp³-hybridized carbons (Fsp3) is 0.857. The molecule has 0 aliphatic heterocycles. The number of nitrogens with zero attached hydrogens (tertiary/aromatic N) is 2. The van der Waals surface area contributed by atoms with Gasteiger partial charge in [-0.15, -0.1) is 0 Å². The van der Waals surface area contributed by atoms with Crippen LogP contribution >= 0.6 is 0 Å². The average molecular weight is 661 g/mol. The molecule has 0 saturated carbocycles. The third-order valence-electron chi connectivity index (χ3n) is 9.53. The van der Waals surface area contributed by atoms with Crippen molar-refractivity contribution in [1.82, 2.24) is 9.80 Å². The Kier molecular flexibility index (Phi) is 30.9. The van der Waals surface area contributed by atoms with Crippen LogP contribution in [-0.4, -0.2) is 67.1 Å². The van der Waals surface area contributed by atoms with Gasteiger partial charge in [0.2, 0.25) is 6.29 Å². The van der Waals surface area contributed by atoms with Gasteiger partial charge in [-0.1, -0.05) is 156 Å². The van der Waals surface area contributed by atoms with E-state index in [0.717, 1.165) is 31.9 Å². The molecule has 0 aliphatic carbocycles. The Bertz CT molecular complexity index is 727. The lowest BCUT2D eigenvalue weighted by Gasteiger charge is -2.29. The normalized spacial score (nSPS) is 12.4. The SMILES string of the molecule is CCCCCCCCN(CCCCCCCC)CCOC(CN(CCCCCCCC)CCCCCCCC)Oc1ccc(O)cc1. The summed E-state index contributed by atoms with van der Waals surface area (Å²) >= 11 is 0. The van der Waals surface area contributed by atoms with Crippen molar-refractivity contribution >= 4 is 0 Å². The summed E-state index contributed by atoms with van der Waals surface area (Å²) in [5.41, 5.74) is 0. The number of phenols is 1. The van der Waals surface area contributed by atoms with E-state index in [4.69, 9.17) is 9.47 Å². The Labute approximate surface area is 293 Å². The van der Waals surface area contributed by atoms with Gasteiger partial charge in [-0.3, -0.25) is 4.90 Å². The Balaban J connectivity index is 2.80. The van der Waals surface area contributed by atoms with E-state index in [2.05, 4.69) is 37.5 Å². The monoisotopic (exact) mass is 661 g/mol. The zero-order chi connectivity index (χ0) is 34.0. The lowest BCUT2D eigenvalue weighted by atomic mass is 10.1. The number of unbranched alkanes of at least 4 members (excludes halogenated alkanes) is 20. The Hall–Kier alpha value is -1.30. The number of aromatic hydroxyl groups is 1. The van der Waals surface area contributed by atoms with Gasteiger partial charge in [-0.25, -0.2) is 0 Å². The molecule has 1 aromatic rings. The van der Waals surface area contributed by atoms with E-state index >= 15 is 0 Å². The molecule has 0 bridgehead atoms. The van der Waals surface area contributed by atoms with E-state index in [0.29, 0.717) is 6.61 Å². The van der Waals surface area contributed by atoms with Crippen LogP contribution in [0.15, 0.2) is 24.3 Å². The van der Waals surface area contributed by atoms with Crippen LogP contribution in [0.25, 0.3) is 0 Å². The lowest BCUT2D eigenvalue weighted by Crippen LogP contribution is -2.40. The number of hydrogen-bond donors (Lipinski definition) is 1. The average Bonchev–Trinajstić information content (AvgIpc) is 3.07. The zero-order valence-electron chi connectivity index (χ0n) is 32.0. The first-order valence-corrected chi connectivity index (χ1v) is 20.6. The molecule has 0 fully saturated rings. The van der Waals surface area contributed by atoms with Crippen molar-refractivity contribution in [2.24, 2.45) is 0 Å². The molecule has 1 rings (SSSR count). The lowest BCUT2D eigenvalue weighted by molar-refractivity contribution is -0.0997. The zero-order valence-corrected chi connectivity index (χ0v) is 32.0. The molecule has 5 nitrogen and oxygen atoms in total. The summed E-state index contributed by atoms with van der Waals surface area (Å²) in [6.07, 6.45) is 31.6. The van der Waals surface area contributed by atoms with Gasteiger partial charge in [0.1, 0.15) is 11.5 Å². The van der Waals surface area contributed by atoms with E-state index < -0.39 is 0 Å². The van der Waals surface area contributed by atoms with Crippen molar-refractivity contribution in [3.63, 3.8) is 0 Å². The molecule has 0 aliphatic rings. The summed E-state index contributed by atoms with van der Waals surface area (Å²) < 4.78 is 13.1. The van der Waals surface area contributed by atoms with Crippen molar-refractivity contribution in [1.29, 1.82) is 0 Å². The van der Waals surface area contributed by atoms with Crippen LogP contribution in [-0.2, 0) is 4.74 Å². The summed E-state index contributed by atoms with van der Waals surface area (Å²) in [5, 5.41) is 9.85. The second kappa shape index (κ2) is 33.2. The summed E-state index contributed by atoms with van der Waals surface area (Å²) in [5.74, 6) is 1.03. The Morgan fingerprint density at radius 2 is 0.830 bits per heavy atom. The van der Waals surface area contributed by atoms with Gasteiger partial charge in [0.05, 0.1) is 13.2 Å². The van der Waals surface area contributed by atoms with Gasteiger partial charge in [-0.2, -0.15) is 0 Å². The molecular weight excluding hydrogens is 580 g/mol. The van der Waals surface area contributed by atoms with Gasteiger partial charge in [0.25, 0.3) is 0 Å². The highest BCUT2D eigenvalue weighted by Crippen LogP contribution is 2.19. The van der Waals surface area contributed by atoms with Crippen LogP contribution in [0.5, 0.6) is 11.5 Å². The first kappa shape index (κ1) is 43.7. The fourth-order valence-electron chi connectivity index (χ4n) is 6.42. The summed E-state index contributed by atoms with van der Waals surface area (Å²) in [6, 6.07) is 7.14. The minimum Gasteiger partial charge on any atom is -0.508 e. The minimum atomic E-state index is -0.315. The maximum absolute atomic E-state index is 9.85. The van der Waals surface area contributed by atoms with Crippen LogP contribution in [0.1, 0.15) is 182 Å². The van der Waals surface area contributed by atoms with E-state index in [1.165, 1.54) is 167 Å². The van der Waals surface area contributed by atoms with Crippen molar-refractivity contribution in [2.45, 2.75) is 188 Å². The first-order chi connectivity index (χ1) is 23.1. The van der Waals surface area contributed by atoms with E-state index in [1.54, 1.807) is 12.1 Å². The summed E-state index contributed by atoms with van der Waals surface area (Å²) in [7, 11) is 0. The molecule has 0 heterocycles. The highest BCUT2D eigenvalue weighted by Gasteiger charge is 2.18. The molecular formula is C42H80N2O3.